The van der Waals surface area contributed by atoms with Crippen molar-refractivity contribution in [2.75, 3.05) is 26.7 Å². The molecule has 0 saturated heterocycles. The van der Waals surface area contributed by atoms with Crippen LogP contribution in [0.25, 0.3) is 0 Å². The van der Waals surface area contributed by atoms with Gasteiger partial charge in [-0.3, -0.25) is 4.90 Å². The van der Waals surface area contributed by atoms with Crippen LogP contribution in [-0.2, 0) is 9.53 Å². The Labute approximate surface area is 124 Å². The topological polar surface area (TPSA) is 41.6 Å². The van der Waals surface area contributed by atoms with Crippen LogP contribution in [0, 0.1) is 5.92 Å². The average molecular weight is 310 g/mol. The van der Waals surface area contributed by atoms with Crippen molar-refractivity contribution in [2.24, 2.45) is 5.92 Å². The van der Waals surface area contributed by atoms with Crippen molar-refractivity contribution in [3.63, 3.8) is 0 Å². The number of hydrogen-bond acceptors (Lipinski definition) is 4. The molecule has 1 aliphatic carbocycles. The largest absolute Gasteiger partial charge is 0.465 e. The minimum absolute atomic E-state index is 0.00414. The first-order chi connectivity index (χ1) is 9.66. The molecule has 0 aromatic heterocycles. The molecule has 1 saturated carbocycles. The second-order valence-electron chi connectivity index (χ2n) is 5.83. The first-order valence-electron chi connectivity index (χ1n) is 7.33. The summed E-state index contributed by atoms with van der Waals surface area (Å²) in [6, 6.07) is -0.312. The molecule has 1 fully saturated rings. The molecule has 1 rings (SSSR count). The number of alkyl halides is 3. The minimum Gasteiger partial charge on any atom is -0.465 e. The van der Waals surface area contributed by atoms with Gasteiger partial charge in [-0.05, 0) is 46.6 Å². The van der Waals surface area contributed by atoms with E-state index in [9.17, 15) is 18.0 Å². The molecule has 0 aliphatic heterocycles. The van der Waals surface area contributed by atoms with Crippen LogP contribution in [0.4, 0.5) is 13.2 Å². The maximum Gasteiger partial charge on any atom is 0.401 e. The Morgan fingerprint density at radius 3 is 2.24 bits per heavy atom. The lowest BCUT2D eigenvalue weighted by molar-refractivity contribution is -0.163. The highest BCUT2D eigenvalue weighted by Gasteiger charge is 2.53. The van der Waals surface area contributed by atoms with Crippen LogP contribution < -0.4 is 5.32 Å². The van der Waals surface area contributed by atoms with Crippen molar-refractivity contribution >= 4 is 5.97 Å². The lowest BCUT2D eigenvalue weighted by Crippen LogP contribution is -2.62. The van der Waals surface area contributed by atoms with Gasteiger partial charge in [-0.2, -0.15) is 13.2 Å². The molecule has 1 atom stereocenters. The lowest BCUT2D eigenvalue weighted by atomic mass is 9.92. The zero-order valence-corrected chi connectivity index (χ0v) is 13.1. The predicted octanol–water partition coefficient (Wildman–Crippen LogP) is 2.19. The van der Waals surface area contributed by atoms with Crippen molar-refractivity contribution in [3.05, 3.63) is 0 Å². The maximum absolute atomic E-state index is 12.7. The fraction of sp³-hybridized carbons (Fsp3) is 0.929. The first-order valence-corrected chi connectivity index (χ1v) is 7.33. The Bertz CT molecular complexity index is 357. The molecule has 7 heteroatoms. The molecule has 0 radical (unpaired) electrons. The van der Waals surface area contributed by atoms with Gasteiger partial charge in [0.05, 0.1) is 13.2 Å². The first kappa shape index (κ1) is 18.2. The van der Waals surface area contributed by atoms with Crippen LogP contribution in [0.1, 0.15) is 33.6 Å². The van der Waals surface area contributed by atoms with Gasteiger partial charge in [-0.15, -0.1) is 0 Å². The summed E-state index contributed by atoms with van der Waals surface area (Å²) in [7, 11) is 1.61. The molecule has 0 aromatic carbocycles. The SMILES string of the molecule is CCOC(=O)C(CN(CC(F)(F)F)C(C)C)(NC)C1CC1. The third kappa shape index (κ3) is 4.85. The Morgan fingerprint density at radius 2 is 1.90 bits per heavy atom. The average Bonchev–Trinajstić information content (AvgIpc) is 3.17. The standard InChI is InChI=1S/C14H25F3N2O2/c1-5-21-12(20)13(18-4,11-6-7-11)8-19(10(2)3)9-14(15,16)17/h10-11,18H,5-9H2,1-4H3. The second kappa shape index (κ2) is 6.96. The van der Waals surface area contributed by atoms with E-state index in [0.29, 0.717) is 0 Å². The molecule has 1 unspecified atom stereocenters. The van der Waals surface area contributed by atoms with E-state index in [4.69, 9.17) is 4.74 Å². The Morgan fingerprint density at radius 1 is 1.33 bits per heavy atom. The van der Waals surface area contributed by atoms with Gasteiger partial charge in [0.25, 0.3) is 0 Å². The van der Waals surface area contributed by atoms with E-state index in [1.807, 2.05) is 0 Å². The van der Waals surface area contributed by atoms with Gasteiger partial charge >= 0.3 is 12.1 Å². The van der Waals surface area contributed by atoms with Crippen molar-refractivity contribution in [1.29, 1.82) is 0 Å². The summed E-state index contributed by atoms with van der Waals surface area (Å²) in [6.45, 7) is 4.29. The second-order valence-corrected chi connectivity index (χ2v) is 5.83. The van der Waals surface area contributed by atoms with Gasteiger partial charge in [0, 0.05) is 12.6 Å². The normalized spacial score (nSPS) is 18.9. The number of nitrogens with zero attached hydrogens (tertiary/aromatic N) is 1. The van der Waals surface area contributed by atoms with E-state index >= 15 is 0 Å². The Kier molecular flexibility index (Phi) is 6.04. The zero-order valence-electron chi connectivity index (χ0n) is 13.1. The zero-order chi connectivity index (χ0) is 16.3. The van der Waals surface area contributed by atoms with Crippen molar-refractivity contribution in [2.45, 2.75) is 51.4 Å². The summed E-state index contributed by atoms with van der Waals surface area (Å²) >= 11 is 0. The smallest absolute Gasteiger partial charge is 0.401 e. The van der Waals surface area contributed by atoms with Crippen LogP contribution in [0.3, 0.4) is 0 Å². The molecule has 4 nitrogen and oxygen atoms in total. The van der Waals surface area contributed by atoms with E-state index in [1.54, 1.807) is 27.8 Å². The molecule has 0 amide bonds. The summed E-state index contributed by atoms with van der Waals surface area (Å²) in [6.07, 6.45) is -2.63. The molecular formula is C14H25F3N2O2. The van der Waals surface area contributed by atoms with Crippen LogP contribution >= 0.6 is 0 Å². The summed E-state index contributed by atoms with van der Waals surface area (Å²) in [5, 5.41) is 2.95. The highest BCUT2D eigenvalue weighted by Crippen LogP contribution is 2.41. The van der Waals surface area contributed by atoms with Crippen molar-refractivity contribution in [3.8, 4) is 0 Å². The highest BCUT2D eigenvalue weighted by atomic mass is 19.4. The van der Waals surface area contributed by atoms with Crippen LogP contribution in [0.15, 0.2) is 0 Å². The van der Waals surface area contributed by atoms with Gasteiger partial charge in [0.1, 0.15) is 5.54 Å². The number of likely N-dealkylation sites (N-methyl/N-ethyl adjacent to an activating group) is 1. The van der Waals surface area contributed by atoms with E-state index in [0.717, 1.165) is 12.8 Å². The number of rotatable bonds is 8. The summed E-state index contributed by atoms with van der Waals surface area (Å²) in [4.78, 5) is 13.6. The van der Waals surface area contributed by atoms with Crippen molar-refractivity contribution < 1.29 is 22.7 Å². The van der Waals surface area contributed by atoms with Gasteiger partial charge in [-0.1, -0.05) is 0 Å². The molecule has 0 heterocycles. The van der Waals surface area contributed by atoms with Crippen LogP contribution in [0.5, 0.6) is 0 Å². The summed E-state index contributed by atoms with van der Waals surface area (Å²) < 4.78 is 43.3. The number of esters is 1. The fourth-order valence-corrected chi connectivity index (χ4v) is 2.55. The maximum atomic E-state index is 12.7. The number of carbonyl (C=O) groups is 1. The number of carbonyl (C=O) groups excluding carboxylic acids is 1. The summed E-state index contributed by atoms with van der Waals surface area (Å²) in [5.41, 5.74) is -1.05. The fourth-order valence-electron chi connectivity index (χ4n) is 2.55. The van der Waals surface area contributed by atoms with Crippen LogP contribution in [0.2, 0.25) is 0 Å². The number of hydrogen-bond donors (Lipinski definition) is 1. The third-order valence-corrected chi connectivity index (χ3v) is 3.93. The number of nitrogens with one attached hydrogen (secondary N) is 1. The van der Waals surface area contributed by atoms with E-state index in [1.165, 1.54) is 4.90 Å². The number of ether oxygens (including phenoxy) is 1. The van der Waals surface area contributed by atoms with Gasteiger partial charge in [-0.25, -0.2) is 4.79 Å². The van der Waals surface area contributed by atoms with Gasteiger partial charge < -0.3 is 10.1 Å². The Balaban J connectivity index is 2.94. The van der Waals surface area contributed by atoms with Crippen molar-refractivity contribution in [1.82, 2.24) is 10.2 Å². The molecule has 0 bridgehead atoms. The molecule has 21 heavy (non-hydrogen) atoms. The Hall–Kier alpha value is -0.820. The monoisotopic (exact) mass is 310 g/mol. The quantitative estimate of drug-likeness (QED) is 0.698. The molecule has 1 N–H and O–H groups in total. The van der Waals surface area contributed by atoms with E-state index in [2.05, 4.69) is 5.32 Å². The van der Waals surface area contributed by atoms with Gasteiger partial charge in [0.2, 0.25) is 0 Å². The predicted molar refractivity (Wildman–Crippen MR) is 73.9 cm³/mol. The van der Waals surface area contributed by atoms with Crippen LogP contribution in [-0.4, -0.2) is 55.4 Å². The molecule has 0 aromatic rings. The highest BCUT2D eigenvalue weighted by molar-refractivity contribution is 5.82. The summed E-state index contributed by atoms with van der Waals surface area (Å²) in [5.74, 6) is -0.418. The minimum atomic E-state index is -4.29. The number of halogens is 3. The van der Waals surface area contributed by atoms with E-state index in [-0.39, 0.29) is 25.1 Å². The lowest BCUT2D eigenvalue weighted by Gasteiger charge is -2.38. The van der Waals surface area contributed by atoms with Gasteiger partial charge in [0.15, 0.2) is 0 Å². The molecule has 124 valence electrons. The molecule has 1 aliphatic rings. The third-order valence-electron chi connectivity index (χ3n) is 3.93. The molecular weight excluding hydrogens is 285 g/mol. The van der Waals surface area contributed by atoms with E-state index < -0.39 is 24.2 Å². The molecule has 0 spiro atoms.